The van der Waals surface area contributed by atoms with Gasteiger partial charge in [0.25, 0.3) is 5.91 Å². The molecule has 1 aromatic carbocycles. The molecule has 0 aliphatic carbocycles. The number of methoxy groups -OCH3 is 1. The summed E-state index contributed by atoms with van der Waals surface area (Å²) >= 11 is 11.6. The molecule has 1 N–H and O–H groups in total. The Bertz CT molecular complexity index is 1060. The molecule has 0 saturated carbocycles. The number of carbonyl (C=O) groups excluding carboxylic acids is 1. The molecular formula is C20H18Cl2FN3O3. The van der Waals surface area contributed by atoms with Crippen LogP contribution in [0.25, 0.3) is 5.65 Å². The third-order valence-electron chi connectivity index (χ3n) is 4.92. The Morgan fingerprint density at radius 1 is 1.24 bits per heavy atom. The smallest absolute Gasteiger partial charge is 0.260 e. The second-order valence-electron chi connectivity index (χ2n) is 6.78. The van der Waals surface area contributed by atoms with E-state index < -0.39 is 11.7 Å². The van der Waals surface area contributed by atoms with Gasteiger partial charge in [-0.1, -0.05) is 23.2 Å². The Balaban J connectivity index is 1.65. The molecule has 29 heavy (non-hydrogen) atoms. The minimum Gasteiger partial charge on any atom is -0.496 e. The van der Waals surface area contributed by atoms with Crippen molar-refractivity contribution in [3.05, 3.63) is 57.7 Å². The molecular weight excluding hydrogens is 420 g/mol. The molecule has 9 heteroatoms. The lowest BCUT2D eigenvalue weighted by Crippen LogP contribution is -2.14. The van der Waals surface area contributed by atoms with Gasteiger partial charge in [0.2, 0.25) is 0 Å². The monoisotopic (exact) mass is 437 g/mol. The molecule has 1 amide bonds. The molecule has 1 fully saturated rings. The van der Waals surface area contributed by atoms with Crippen LogP contribution in [0.2, 0.25) is 10.0 Å². The first kappa shape index (κ1) is 19.9. The van der Waals surface area contributed by atoms with E-state index in [1.807, 2.05) is 6.20 Å². The van der Waals surface area contributed by atoms with Gasteiger partial charge in [-0.2, -0.15) is 0 Å². The Morgan fingerprint density at radius 2 is 1.93 bits per heavy atom. The Hall–Kier alpha value is -2.35. The highest BCUT2D eigenvalue weighted by Gasteiger charge is 2.21. The Kier molecular flexibility index (Phi) is 5.63. The van der Waals surface area contributed by atoms with Crippen molar-refractivity contribution in [1.29, 1.82) is 0 Å². The van der Waals surface area contributed by atoms with Gasteiger partial charge in [0.05, 0.1) is 28.4 Å². The maximum absolute atomic E-state index is 13.6. The fourth-order valence-corrected chi connectivity index (χ4v) is 3.88. The van der Waals surface area contributed by atoms with Crippen molar-refractivity contribution >= 4 is 40.4 Å². The van der Waals surface area contributed by atoms with Gasteiger partial charge in [-0.25, -0.2) is 9.37 Å². The third-order valence-corrected chi connectivity index (χ3v) is 5.47. The average molecular weight is 438 g/mol. The summed E-state index contributed by atoms with van der Waals surface area (Å²) in [6, 6.07) is 4.31. The van der Waals surface area contributed by atoms with E-state index in [4.69, 9.17) is 32.7 Å². The molecule has 1 aliphatic heterocycles. The highest BCUT2D eigenvalue weighted by Crippen LogP contribution is 2.30. The van der Waals surface area contributed by atoms with Gasteiger partial charge >= 0.3 is 0 Å². The summed E-state index contributed by atoms with van der Waals surface area (Å²) in [5.41, 5.74) is 2.23. The fraction of sp³-hybridized carbons (Fsp3) is 0.300. The molecule has 1 saturated heterocycles. The molecule has 152 valence electrons. The number of pyridine rings is 1. The van der Waals surface area contributed by atoms with Crippen LogP contribution in [0.3, 0.4) is 0 Å². The lowest BCUT2D eigenvalue weighted by atomic mass is 9.97. The number of halogens is 3. The minimum absolute atomic E-state index is 0.175. The van der Waals surface area contributed by atoms with Crippen molar-refractivity contribution < 1.29 is 18.7 Å². The second-order valence-corrected chi connectivity index (χ2v) is 7.60. The van der Waals surface area contributed by atoms with Gasteiger partial charge in [0.1, 0.15) is 11.4 Å². The van der Waals surface area contributed by atoms with Crippen LogP contribution >= 0.6 is 23.2 Å². The standard InChI is InChI=1S/C20H18Cl2FN3O3/c1-28-17-8-18-25-16(11-2-4-29-5-3-11)10-26(18)9-13(17)20(27)24-12-6-14(21)19(23)15(22)7-12/h6-11H,2-5H2,1H3,(H,24,27). The molecule has 3 aromatic rings. The topological polar surface area (TPSA) is 64.9 Å². The van der Waals surface area contributed by atoms with Crippen LogP contribution in [0.4, 0.5) is 10.1 Å². The van der Waals surface area contributed by atoms with E-state index in [0.717, 1.165) is 31.7 Å². The van der Waals surface area contributed by atoms with Crippen molar-refractivity contribution in [3.8, 4) is 5.75 Å². The summed E-state index contributed by atoms with van der Waals surface area (Å²) in [5.74, 6) is -0.470. The molecule has 0 radical (unpaired) electrons. The van der Waals surface area contributed by atoms with Crippen molar-refractivity contribution in [2.45, 2.75) is 18.8 Å². The maximum atomic E-state index is 13.6. The number of nitrogens with one attached hydrogen (secondary N) is 1. The zero-order valence-corrected chi connectivity index (χ0v) is 17.1. The fourth-order valence-electron chi connectivity index (χ4n) is 3.39. The van der Waals surface area contributed by atoms with Crippen LogP contribution in [0, 0.1) is 5.82 Å². The molecule has 0 unspecified atom stereocenters. The second kappa shape index (κ2) is 8.18. The van der Waals surface area contributed by atoms with Crippen LogP contribution < -0.4 is 10.1 Å². The van der Waals surface area contributed by atoms with Gasteiger partial charge in [-0.15, -0.1) is 0 Å². The lowest BCUT2D eigenvalue weighted by Gasteiger charge is -2.19. The van der Waals surface area contributed by atoms with Gasteiger partial charge in [-0.05, 0) is 25.0 Å². The Morgan fingerprint density at radius 3 is 2.59 bits per heavy atom. The molecule has 6 nitrogen and oxygen atoms in total. The number of carbonyl (C=O) groups is 1. The highest BCUT2D eigenvalue weighted by atomic mass is 35.5. The van der Waals surface area contributed by atoms with Crippen LogP contribution in [0.1, 0.15) is 34.8 Å². The zero-order chi connectivity index (χ0) is 20.5. The summed E-state index contributed by atoms with van der Waals surface area (Å²) in [6.45, 7) is 1.44. The summed E-state index contributed by atoms with van der Waals surface area (Å²) in [5, 5.41) is 2.32. The van der Waals surface area contributed by atoms with Crippen LogP contribution in [0.15, 0.2) is 30.6 Å². The zero-order valence-electron chi connectivity index (χ0n) is 15.5. The van der Waals surface area contributed by atoms with Crippen molar-refractivity contribution in [1.82, 2.24) is 9.38 Å². The number of anilines is 1. The lowest BCUT2D eigenvalue weighted by molar-refractivity contribution is 0.0846. The van der Waals surface area contributed by atoms with Gasteiger partial charge in [0.15, 0.2) is 5.82 Å². The molecule has 0 atom stereocenters. The van der Waals surface area contributed by atoms with Crippen molar-refractivity contribution in [2.24, 2.45) is 0 Å². The van der Waals surface area contributed by atoms with E-state index >= 15 is 0 Å². The normalized spacial score (nSPS) is 14.9. The molecule has 4 rings (SSSR count). The summed E-state index contributed by atoms with van der Waals surface area (Å²) in [6.07, 6.45) is 5.42. The number of amides is 1. The van der Waals surface area contributed by atoms with Gasteiger partial charge in [0, 0.05) is 43.3 Å². The number of ether oxygens (including phenoxy) is 2. The first-order chi connectivity index (χ1) is 14.0. The largest absolute Gasteiger partial charge is 0.496 e. The van der Waals surface area contributed by atoms with Crippen LogP contribution in [-0.4, -0.2) is 35.6 Å². The van der Waals surface area contributed by atoms with E-state index in [-0.39, 0.29) is 15.7 Å². The van der Waals surface area contributed by atoms with Crippen molar-refractivity contribution in [3.63, 3.8) is 0 Å². The molecule has 1 aliphatic rings. The highest BCUT2D eigenvalue weighted by molar-refractivity contribution is 6.35. The molecule has 0 spiro atoms. The first-order valence-corrected chi connectivity index (χ1v) is 9.82. The molecule has 2 aromatic heterocycles. The van der Waals surface area contributed by atoms with Gasteiger partial charge in [-0.3, -0.25) is 4.79 Å². The number of benzene rings is 1. The summed E-state index contributed by atoms with van der Waals surface area (Å²) < 4.78 is 26.2. The number of rotatable bonds is 4. The van der Waals surface area contributed by atoms with Crippen molar-refractivity contribution in [2.75, 3.05) is 25.6 Å². The predicted octanol–water partition coefficient (Wildman–Crippen LogP) is 4.94. The number of nitrogens with zero attached hydrogens (tertiary/aromatic N) is 2. The first-order valence-electron chi connectivity index (χ1n) is 9.06. The van der Waals surface area contributed by atoms with E-state index in [1.165, 1.54) is 19.2 Å². The quantitative estimate of drug-likeness (QED) is 0.587. The number of imidazole rings is 1. The SMILES string of the molecule is COc1cc2nc(C3CCOCC3)cn2cc1C(=O)Nc1cc(Cl)c(F)c(Cl)c1. The van der Waals surface area contributed by atoms with E-state index in [2.05, 4.69) is 10.3 Å². The minimum atomic E-state index is -0.732. The number of aromatic nitrogens is 2. The summed E-state index contributed by atoms with van der Waals surface area (Å²) in [7, 11) is 1.48. The number of fused-ring (bicyclic) bond motifs is 1. The van der Waals surface area contributed by atoms with E-state index in [1.54, 1.807) is 16.7 Å². The molecule has 0 bridgehead atoms. The third kappa shape index (κ3) is 4.03. The maximum Gasteiger partial charge on any atom is 0.260 e. The van der Waals surface area contributed by atoms with Crippen LogP contribution in [0.5, 0.6) is 5.75 Å². The number of hydrogen-bond acceptors (Lipinski definition) is 4. The predicted molar refractivity (Wildman–Crippen MR) is 109 cm³/mol. The van der Waals surface area contributed by atoms with Gasteiger partial charge < -0.3 is 19.2 Å². The molecule has 3 heterocycles. The van der Waals surface area contributed by atoms with E-state index in [0.29, 0.717) is 22.9 Å². The van der Waals surface area contributed by atoms with Crippen LogP contribution in [-0.2, 0) is 4.74 Å². The summed E-state index contributed by atoms with van der Waals surface area (Å²) in [4.78, 5) is 17.5. The average Bonchev–Trinajstić information content (AvgIpc) is 3.14. The number of hydrogen-bond donors (Lipinski definition) is 1. The Labute approximate surface area is 176 Å². The van der Waals surface area contributed by atoms with E-state index in [9.17, 15) is 9.18 Å².